The van der Waals surface area contributed by atoms with Crippen molar-refractivity contribution < 1.29 is 31.5 Å². The number of hydrogen-bond acceptors (Lipinski definition) is 6. The predicted octanol–water partition coefficient (Wildman–Crippen LogP) is 5.64. The number of likely N-dealkylation sites (tertiary alicyclic amines) is 1. The molecule has 11 heteroatoms. The maximum Gasteiger partial charge on any atom is 0.410 e. The van der Waals surface area contributed by atoms with Gasteiger partial charge in [-0.3, -0.25) is 0 Å². The number of ether oxygens (including phenoxy) is 2. The van der Waals surface area contributed by atoms with Crippen molar-refractivity contribution in [1.82, 2.24) is 8.87 Å². The number of amides is 1. The molecule has 0 aliphatic carbocycles. The summed E-state index contributed by atoms with van der Waals surface area (Å²) < 4.78 is 66.4. The molecule has 3 aromatic rings. The number of carbonyl (C=O) groups excluding carboxylic acids is 1. The third-order valence-electron chi connectivity index (χ3n) is 6.18. The fraction of sp³-hybridized carbons (Fsp3) is 0.423. The number of fused-ring (bicyclic) bond motifs is 1. The molecule has 1 N–H and O–H groups in total. The highest BCUT2D eigenvalue weighted by Gasteiger charge is 2.29. The fourth-order valence-electron chi connectivity index (χ4n) is 4.39. The molecule has 0 spiro atoms. The molecule has 0 unspecified atom stereocenters. The smallest absolute Gasteiger partial charge is 0.410 e. The molecule has 1 fully saturated rings. The Hall–Kier alpha value is -3.34. The van der Waals surface area contributed by atoms with Crippen molar-refractivity contribution >= 4 is 32.7 Å². The van der Waals surface area contributed by atoms with Crippen molar-refractivity contribution in [3.8, 4) is 5.75 Å². The normalized spacial score (nSPS) is 15.3. The molecule has 2 aromatic carbocycles. The Bertz CT molecular complexity index is 1370. The molecular formula is C26H31F2N3O5S. The van der Waals surface area contributed by atoms with Gasteiger partial charge in [0.1, 0.15) is 11.4 Å². The zero-order chi connectivity index (χ0) is 27.0. The zero-order valence-corrected chi connectivity index (χ0v) is 22.0. The molecule has 0 saturated carbocycles. The Labute approximate surface area is 215 Å². The number of nitrogens with one attached hydrogen (secondary N) is 1. The summed E-state index contributed by atoms with van der Waals surface area (Å²) in [6.07, 6.45) is -1.10. The monoisotopic (exact) mass is 535 g/mol. The molecule has 1 aromatic heterocycles. The van der Waals surface area contributed by atoms with E-state index in [0.29, 0.717) is 37.4 Å². The summed E-state index contributed by atoms with van der Waals surface area (Å²) in [5.41, 5.74) is -0.386. The molecule has 0 radical (unpaired) electrons. The van der Waals surface area contributed by atoms with Gasteiger partial charge in [-0.1, -0.05) is 6.07 Å². The van der Waals surface area contributed by atoms with Gasteiger partial charge in [0.15, 0.2) is 0 Å². The van der Waals surface area contributed by atoms with Crippen molar-refractivity contribution in [2.75, 3.05) is 25.5 Å². The van der Waals surface area contributed by atoms with Crippen LogP contribution in [-0.4, -0.2) is 55.2 Å². The van der Waals surface area contributed by atoms with Gasteiger partial charge in [0, 0.05) is 42.0 Å². The van der Waals surface area contributed by atoms with Crippen molar-refractivity contribution in [2.24, 2.45) is 0 Å². The van der Waals surface area contributed by atoms with Crippen LogP contribution in [0.2, 0.25) is 0 Å². The van der Waals surface area contributed by atoms with E-state index in [4.69, 9.17) is 9.47 Å². The van der Waals surface area contributed by atoms with E-state index < -0.39 is 22.0 Å². The van der Waals surface area contributed by atoms with Crippen molar-refractivity contribution in [3.63, 3.8) is 0 Å². The van der Waals surface area contributed by atoms with E-state index in [1.807, 2.05) is 0 Å². The Kier molecular flexibility index (Phi) is 7.36. The standard InChI is InChI=1S/C26H31F2N3O5S/c1-26(2,3)36-25(32)30-14-12-17(13-15-30)29-21-6-5-7-22-23(21)20(24(27)28)16-31(22)37(33,34)19-10-8-18(35-4)9-11-19/h5-11,16-17,24,29H,12-15H2,1-4H3. The van der Waals surface area contributed by atoms with E-state index >= 15 is 0 Å². The number of aromatic nitrogens is 1. The molecule has 1 amide bonds. The first-order valence-electron chi connectivity index (χ1n) is 12.0. The summed E-state index contributed by atoms with van der Waals surface area (Å²) in [6, 6.07) is 10.5. The van der Waals surface area contributed by atoms with Crippen LogP contribution in [0.4, 0.5) is 19.3 Å². The number of benzene rings is 2. The minimum Gasteiger partial charge on any atom is -0.497 e. The number of rotatable bonds is 6. The average Bonchev–Trinajstić information content (AvgIpc) is 3.25. The number of halogens is 2. The molecule has 8 nitrogen and oxygen atoms in total. The average molecular weight is 536 g/mol. The first-order valence-corrected chi connectivity index (χ1v) is 13.4. The number of alkyl halides is 2. The maximum atomic E-state index is 14.1. The molecule has 1 aliphatic rings. The quantitative estimate of drug-likeness (QED) is 0.440. The summed E-state index contributed by atoms with van der Waals surface area (Å²) in [5, 5.41) is 3.47. The van der Waals surface area contributed by atoms with Crippen LogP contribution in [0.15, 0.2) is 53.6 Å². The number of methoxy groups -OCH3 is 1. The lowest BCUT2D eigenvalue weighted by molar-refractivity contribution is 0.0210. The molecule has 2 heterocycles. The topological polar surface area (TPSA) is 89.9 Å². The van der Waals surface area contributed by atoms with Crippen LogP contribution in [-0.2, 0) is 14.8 Å². The van der Waals surface area contributed by atoms with Gasteiger partial charge in [0.2, 0.25) is 0 Å². The van der Waals surface area contributed by atoms with E-state index in [1.54, 1.807) is 37.8 Å². The lowest BCUT2D eigenvalue weighted by Crippen LogP contribution is -2.44. The van der Waals surface area contributed by atoms with Crippen LogP contribution in [0.25, 0.3) is 10.9 Å². The van der Waals surface area contributed by atoms with E-state index in [-0.39, 0.29) is 33.5 Å². The SMILES string of the molecule is COc1ccc(S(=O)(=O)n2cc(C(F)F)c3c(NC4CCN(C(=O)OC(C)(C)C)CC4)cccc32)cc1. The molecule has 1 saturated heterocycles. The van der Waals surface area contributed by atoms with E-state index in [1.165, 1.54) is 37.4 Å². The number of carbonyl (C=O) groups is 1. The van der Waals surface area contributed by atoms with Crippen LogP contribution in [0, 0.1) is 0 Å². The van der Waals surface area contributed by atoms with Gasteiger partial charge in [-0.05, 0) is 70.0 Å². The highest BCUT2D eigenvalue weighted by molar-refractivity contribution is 7.90. The van der Waals surface area contributed by atoms with E-state index in [9.17, 15) is 22.0 Å². The number of nitrogens with zero attached hydrogens (tertiary/aromatic N) is 2. The third kappa shape index (κ3) is 5.66. The van der Waals surface area contributed by atoms with Gasteiger partial charge in [-0.15, -0.1) is 0 Å². The van der Waals surface area contributed by atoms with Gasteiger partial charge < -0.3 is 19.7 Å². The predicted molar refractivity (Wildman–Crippen MR) is 137 cm³/mol. The van der Waals surface area contributed by atoms with Crippen LogP contribution in [0.5, 0.6) is 5.75 Å². The minimum absolute atomic E-state index is 0.0427. The molecule has 4 rings (SSSR count). The van der Waals surface area contributed by atoms with E-state index in [2.05, 4.69) is 5.32 Å². The summed E-state index contributed by atoms with van der Waals surface area (Å²) in [7, 11) is -2.68. The van der Waals surface area contributed by atoms with Crippen molar-refractivity contribution in [1.29, 1.82) is 0 Å². The van der Waals surface area contributed by atoms with Gasteiger partial charge in [0.25, 0.3) is 16.4 Å². The molecule has 0 bridgehead atoms. The second-order valence-corrected chi connectivity index (χ2v) is 11.8. The third-order valence-corrected chi connectivity index (χ3v) is 7.87. The molecule has 1 aliphatic heterocycles. The largest absolute Gasteiger partial charge is 0.497 e. The zero-order valence-electron chi connectivity index (χ0n) is 21.2. The van der Waals surface area contributed by atoms with Crippen LogP contribution >= 0.6 is 0 Å². The highest BCUT2D eigenvalue weighted by Crippen LogP contribution is 2.37. The number of piperidine rings is 1. The lowest BCUT2D eigenvalue weighted by atomic mass is 10.0. The van der Waals surface area contributed by atoms with Gasteiger partial charge in [-0.25, -0.2) is 26.0 Å². The second kappa shape index (κ2) is 10.2. The lowest BCUT2D eigenvalue weighted by Gasteiger charge is -2.34. The Morgan fingerprint density at radius 1 is 1.08 bits per heavy atom. The first kappa shape index (κ1) is 26.7. The van der Waals surface area contributed by atoms with Crippen molar-refractivity contribution in [2.45, 2.75) is 56.6 Å². The number of hydrogen-bond donors (Lipinski definition) is 1. The minimum atomic E-state index is -4.14. The van der Waals surface area contributed by atoms with Gasteiger partial charge in [-0.2, -0.15) is 0 Å². The van der Waals surface area contributed by atoms with Gasteiger partial charge >= 0.3 is 6.09 Å². The Morgan fingerprint density at radius 3 is 2.30 bits per heavy atom. The summed E-state index contributed by atoms with van der Waals surface area (Å²) in [6.45, 7) is 6.33. The molecular weight excluding hydrogens is 504 g/mol. The Balaban J connectivity index is 1.62. The first-order chi connectivity index (χ1) is 17.4. The van der Waals surface area contributed by atoms with E-state index in [0.717, 1.165) is 10.2 Å². The van der Waals surface area contributed by atoms with Crippen LogP contribution in [0.3, 0.4) is 0 Å². The fourth-order valence-corrected chi connectivity index (χ4v) is 5.76. The Morgan fingerprint density at radius 2 is 1.73 bits per heavy atom. The highest BCUT2D eigenvalue weighted by atomic mass is 32.2. The molecule has 200 valence electrons. The summed E-state index contributed by atoms with van der Waals surface area (Å²) >= 11 is 0. The molecule has 0 atom stereocenters. The maximum absolute atomic E-state index is 14.1. The number of anilines is 1. The summed E-state index contributed by atoms with van der Waals surface area (Å²) in [4.78, 5) is 13.9. The van der Waals surface area contributed by atoms with Crippen molar-refractivity contribution in [3.05, 3.63) is 54.2 Å². The second-order valence-electron chi connectivity index (χ2n) is 9.95. The summed E-state index contributed by atoms with van der Waals surface area (Å²) in [5.74, 6) is 0.480. The molecule has 37 heavy (non-hydrogen) atoms. The van der Waals surface area contributed by atoms with Crippen LogP contribution < -0.4 is 10.1 Å². The van der Waals surface area contributed by atoms with Crippen LogP contribution in [0.1, 0.15) is 45.6 Å². The van der Waals surface area contributed by atoms with Gasteiger partial charge in [0.05, 0.1) is 17.5 Å².